The Hall–Kier alpha value is -1.13. The predicted molar refractivity (Wildman–Crippen MR) is 24.9 cm³/mol. The lowest BCUT2D eigenvalue weighted by Crippen LogP contribution is -2.10. The smallest absolute Gasteiger partial charge is 0.179 e. The van der Waals surface area contributed by atoms with Crippen LogP contribution >= 0.6 is 0 Å². The first-order chi connectivity index (χ1) is 3.93. The molecule has 5 nitrogen and oxygen atoms in total. The molecule has 0 atom stereocenters. The van der Waals surface area contributed by atoms with Crippen molar-refractivity contribution in [2.45, 2.75) is 6.92 Å². The van der Waals surface area contributed by atoms with Crippen LogP contribution in [0.25, 0.3) is 0 Å². The average molecular weight is 114 g/mol. The van der Waals surface area contributed by atoms with Crippen molar-refractivity contribution in [1.29, 1.82) is 0 Å². The van der Waals surface area contributed by atoms with Gasteiger partial charge in [-0.15, -0.1) is 5.10 Å². The van der Waals surface area contributed by atoms with E-state index in [0.717, 1.165) is 0 Å². The maximum atomic E-state index is 4.83. The van der Waals surface area contributed by atoms with Gasteiger partial charge in [-0.05, 0) is 17.4 Å². The molecule has 0 amide bonds. The number of tetrazole rings is 1. The van der Waals surface area contributed by atoms with E-state index >= 15 is 0 Å². The van der Waals surface area contributed by atoms with Crippen LogP contribution in [-0.4, -0.2) is 27.0 Å². The third-order valence-corrected chi connectivity index (χ3v) is 0.592. The van der Waals surface area contributed by atoms with E-state index in [-0.39, 0.29) is 0 Å². The summed E-state index contributed by atoms with van der Waals surface area (Å²) >= 11 is 0. The van der Waals surface area contributed by atoms with Crippen LogP contribution in [0, 0.1) is 0 Å². The molecule has 0 radical (unpaired) electrons. The molecule has 0 spiro atoms. The number of hydrogen-bond donors (Lipinski definition) is 0. The summed E-state index contributed by atoms with van der Waals surface area (Å²) in [4.78, 5) is 6.03. The molecule has 1 aromatic heterocycles. The second-order valence-electron chi connectivity index (χ2n) is 1.13. The van der Waals surface area contributed by atoms with Crippen LogP contribution in [0.3, 0.4) is 0 Å². The molecule has 0 saturated heterocycles. The van der Waals surface area contributed by atoms with Crippen molar-refractivity contribution in [1.82, 2.24) is 20.4 Å². The second kappa shape index (κ2) is 2.25. The molecule has 0 aromatic carbocycles. The molecule has 1 aromatic rings. The van der Waals surface area contributed by atoms with Gasteiger partial charge in [-0.2, -0.15) is 0 Å². The summed E-state index contributed by atoms with van der Waals surface area (Å²) in [6.45, 7) is 2.44. The van der Waals surface area contributed by atoms with Crippen LogP contribution in [0.5, 0.6) is 0 Å². The molecule has 1 rings (SSSR count). The molecule has 0 fully saturated rings. The highest BCUT2D eigenvalue weighted by atomic mass is 16.7. The Balaban J connectivity index is 2.50. The van der Waals surface area contributed by atoms with Crippen molar-refractivity contribution in [3.8, 4) is 0 Å². The Bertz CT molecular complexity index is 137. The Morgan fingerprint density at radius 1 is 1.75 bits per heavy atom. The SMILES string of the molecule is CCOn1cnnn1. The van der Waals surface area contributed by atoms with Gasteiger partial charge in [0.2, 0.25) is 0 Å². The molecule has 1 heterocycles. The van der Waals surface area contributed by atoms with E-state index in [0.29, 0.717) is 6.61 Å². The number of rotatable bonds is 2. The minimum Gasteiger partial charge on any atom is -0.395 e. The Labute approximate surface area is 46.2 Å². The molecule has 0 aliphatic rings. The van der Waals surface area contributed by atoms with Crippen molar-refractivity contribution in [3.63, 3.8) is 0 Å². The van der Waals surface area contributed by atoms with Gasteiger partial charge < -0.3 is 4.84 Å². The van der Waals surface area contributed by atoms with Gasteiger partial charge in [0.05, 0.1) is 0 Å². The summed E-state index contributed by atoms with van der Waals surface area (Å²) in [6.07, 6.45) is 1.39. The summed E-state index contributed by atoms with van der Waals surface area (Å²) in [7, 11) is 0. The lowest BCUT2D eigenvalue weighted by Gasteiger charge is -1.94. The Kier molecular flexibility index (Phi) is 1.41. The summed E-state index contributed by atoms with van der Waals surface area (Å²) in [5, 5.41) is 10.1. The Morgan fingerprint density at radius 2 is 2.62 bits per heavy atom. The van der Waals surface area contributed by atoms with Gasteiger partial charge in [-0.25, -0.2) is 0 Å². The zero-order chi connectivity index (χ0) is 5.82. The summed E-state index contributed by atoms with van der Waals surface area (Å²) in [5.74, 6) is 0. The van der Waals surface area contributed by atoms with Gasteiger partial charge in [0, 0.05) is 0 Å². The molecule has 0 unspecified atom stereocenters. The van der Waals surface area contributed by atoms with Crippen molar-refractivity contribution < 1.29 is 4.84 Å². The summed E-state index contributed by atoms with van der Waals surface area (Å²) in [5.41, 5.74) is 0. The van der Waals surface area contributed by atoms with Gasteiger partial charge in [-0.1, -0.05) is 4.85 Å². The fourth-order valence-electron chi connectivity index (χ4n) is 0.344. The van der Waals surface area contributed by atoms with Crippen LogP contribution in [-0.2, 0) is 0 Å². The van der Waals surface area contributed by atoms with Crippen LogP contribution in [0.2, 0.25) is 0 Å². The van der Waals surface area contributed by atoms with Gasteiger partial charge in [0.1, 0.15) is 6.61 Å². The van der Waals surface area contributed by atoms with E-state index in [1.807, 2.05) is 6.92 Å². The zero-order valence-electron chi connectivity index (χ0n) is 4.48. The monoisotopic (exact) mass is 114 g/mol. The van der Waals surface area contributed by atoms with Crippen molar-refractivity contribution in [2.75, 3.05) is 6.61 Å². The van der Waals surface area contributed by atoms with Crippen LogP contribution in [0.4, 0.5) is 0 Å². The highest BCUT2D eigenvalue weighted by Crippen LogP contribution is 1.66. The standard InChI is InChI=1S/C3H6N4O/c1-2-8-7-3-4-5-6-7/h3H,2H2,1H3. The maximum absolute atomic E-state index is 4.83. The second-order valence-corrected chi connectivity index (χ2v) is 1.13. The lowest BCUT2D eigenvalue weighted by molar-refractivity contribution is 0.0882. The number of nitrogens with zero attached hydrogens (tertiary/aromatic N) is 4. The summed E-state index contributed by atoms with van der Waals surface area (Å²) in [6, 6.07) is 0. The largest absolute Gasteiger partial charge is 0.395 e. The molecule has 44 valence electrons. The molecule has 0 aliphatic carbocycles. The fraction of sp³-hybridized carbons (Fsp3) is 0.667. The molecule has 5 heteroatoms. The Morgan fingerprint density at radius 3 is 3.12 bits per heavy atom. The fourth-order valence-corrected chi connectivity index (χ4v) is 0.344. The molecule has 0 aliphatic heterocycles. The van der Waals surface area contributed by atoms with Crippen LogP contribution in [0.1, 0.15) is 6.92 Å². The molecule has 8 heavy (non-hydrogen) atoms. The van der Waals surface area contributed by atoms with E-state index in [2.05, 4.69) is 15.5 Å². The minimum absolute atomic E-state index is 0.574. The van der Waals surface area contributed by atoms with E-state index in [1.54, 1.807) is 0 Å². The van der Waals surface area contributed by atoms with Gasteiger partial charge >= 0.3 is 0 Å². The predicted octanol–water partition coefficient (Wildman–Crippen LogP) is -0.878. The summed E-state index contributed by atoms with van der Waals surface area (Å²) < 4.78 is 0. The zero-order valence-corrected chi connectivity index (χ0v) is 4.48. The van der Waals surface area contributed by atoms with Gasteiger partial charge in [-0.3, -0.25) is 0 Å². The highest BCUT2D eigenvalue weighted by Gasteiger charge is 1.84. The lowest BCUT2D eigenvalue weighted by atomic mass is 10.9. The number of aromatic nitrogens is 4. The first-order valence-corrected chi connectivity index (χ1v) is 2.29. The average Bonchev–Trinajstić information content (AvgIpc) is 2.19. The van der Waals surface area contributed by atoms with Gasteiger partial charge in [0.25, 0.3) is 0 Å². The first kappa shape index (κ1) is 5.02. The van der Waals surface area contributed by atoms with E-state index in [4.69, 9.17) is 4.84 Å². The van der Waals surface area contributed by atoms with Crippen LogP contribution in [0.15, 0.2) is 6.33 Å². The number of hydrogen-bond acceptors (Lipinski definition) is 4. The molecule has 0 saturated carbocycles. The quantitative estimate of drug-likeness (QED) is 0.501. The van der Waals surface area contributed by atoms with E-state index in [1.165, 1.54) is 11.2 Å². The maximum Gasteiger partial charge on any atom is 0.179 e. The van der Waals surface area contributed by atoms with Gasteiger partial charge in [0.15, 0.2) is 6.33 Å². The third-order valence-electron chi connectivity index (χ3n) is 0.592. The molecule has 0 N–H and O–H groups in total. The first-order valence-electron chi connectivity index (χ1n) is 2.29. The molecular weight excluding hydrogens is 108 g/mol. The van der Waals surface area contributed by atoms with Crippen LogP contribution < -0.4 is 4.84 Å². The molecule has 0 bridgehead atoms. The molecular formula is C3H6N4O. The van der Waals surface area contributed by atoms with Crippen molar-refractivity contribution in [3.05, 3.63) is 6.33 Å². The van der Waals surface area contributed by atoms with Crippen molar-refractivity contribution >= 4 is 0 Å². The topological polar surface area (TPSA) is 52.8 Å². The third kappa shape index (κ3) is 0.927. The minimum atomic E-state index is 0.574. The van der Waals surface area contributed by atoms with Crippen molar-refractivity contribution in [2.24, 2.45) is 0 Å². The van der Waals surface area contributed by atoms with E-state index < -0.39 is 0 Å². The van der Waals surface area contributed by atoms with E-state index in [9.17, 15) is 0 Å². The normalized spacial score (nSPS) is 9.12. The highest BCUT2D eigenvalue weighted by molar-refractivity contribution is 4.33.